The number of halogens is 3. The number of benzene rings is 2. The first-order chi connectivity index (χ1) is 10.1. The van der Waals surface area contributed by atoms with E-state index in [1.807, 2.05) is 24.3 Å². The van der Waals surface area contributed by atoms with Crippen LogP contribution in [0, 0.1) is 0 Å². The largest absolute Gasteiger partial charge is 0.352 e. The summed E-state index contributed by atoms with van der Waals surface area (Å²) in [7, 11) is 0. The number of alkyl halides is 1. The Morgan fingerprint density at radius 1 is 1.14 bits per heavy atom. The van der Waals surface area contributed by atoms with Gasteiger partial charge in [-0.1, -0.05) is 51.3 Å². The first kappa shape index (κ1) is 14.9. The lowest BCUT2D eigenvalue weighted by Gasteiger charge is -2.19. The Labute approximate surface area is 141 Å². The number of carbonyl (C=O) groups is 1. The third-order valence-electron chi connectivity index (χ3n) is 3.58. The molecule has 0 fully saturated rings. The van der Waals surface area contributed by atoms with Crippen molar-refractivity contribution >= 4 is 45.0 Å². The summed E-state index contributed by atoms with van der Waals surface area (Å²) in [5, 5.41) is 4.14. The molecule has 21 heavy (non-hydrogen) atoms. The standard InChI is InChI=1S/C16H12BrCl2NO/c17-15(13-8-11(18)3-4-14(13)19)10-2-1-9-5-6-20-16(21)12(9)7-10/h1-4,7-8,15H,5-6H2,(H,20,21). The second-order valence-electron chi connectivity index (χ2n) is 4.95. The third-order valence-corrected chi connectivity index (χ3v) is 5.18. The number of amides is 1. The van der Waals surface area contributed by atoms with Crippen molar-refractivity contribution in [1.29, 1.82) is 0 Å². The normalized spacial score (nSPS) is 15.3. The summed E-state index contributed by atoms with van der Waals surface area (Å²) in [5.74, 6) is -0.0185. The van der Waals surface area contributed by atoms with Crippen molar-refractivity contribution in [2.75, 3.05) is 6.54 Å². The molecule has 2 aromatic carbocycles. The number of fused-ring (bicyclic) bond motifs is 1. The predicted octanol–water partition coefficient (Wildman–Crippen LogP) is 4.76. The predicted molar refractivity (Wildman–Crippen MR) is 89.7 cm³/mol. The highest BCUT2D eigenvalue weighted by Crippen LogP contribution is 2.37. The Bertz CT molecular complexity index is 717. The van der Waals surface area contributed by atoms with Crippen LogP contribution in [-0.4, -0.2) is 12.5 Å². The van der Waals surface area contributed by atoms with E-state index >= 15 is 0 Å². The molecule has 2 nitrogen and oxygen atoms in total. The van der Waals surface area contributed by atoms with Gasteiger partial charge >= 0.3 is 0 Å². The third kappa shape index (κ3) is 2.96. The van der Waals surface area contributed by atoms with Crippen molar-refractivity contribution in [2.24, 2.45) is 0 Å². The van der Waals surface area contributed by atoms with E-state index in [1.165, 1.54) is 0 Å². The minimum atomic E-state index is -0.108. The topological polar surface area (TPSA) is 29.1 Å². The minimum absolute atomic E-state index is 0.0185. The molecule has 0 saturated carbocycles. The maximum Gasteiger partial charge on any atom is 0.251 e. The van der Waals surface area contributed by atoms with Crippen LogP contribution in [0.4, 0.5) is 0 Å². The van der Waals surface area contributed by atoms with Gasteiger partial charge in [0.15, 0.2) is 0 Å². The van der Waals surface area contributed by atoms with Gasteiger partial charge in [-0.15, -0.1) is 0 Å². The quantitative estimate of drug-likeness (QED) is 0.742. The van der Waals surface area contributed by atoms with Crippen molar-refractivity contribution in [1.82, 2.24) is 5.32 Å². The number of rotatable bonds is 2. The molecule has 3 rings (SSSR count). The number of hydrogen-bond donors (Lipinski definition) is 1. The summed E-state index contributed by atoms with van der Waals surface area (Å²) in [4.78, 5) is 11.8. The van der Waals surface area contributed by atoms with Gasteiger partial charge in [0.25, 0.3) is 5.91 Å². The van der Waals surface area contributed by atoms with Gasteiger partial charge in [0.2, 0.25) is 0 Å². The van der Waals surface area contributed by atoms with Crippen LogP contribution in [0.3, 0.4) is 0 Å². The minimum Gasteiger partial charge on any atom is -0.352 e. The van der Waals surface area contributed by atoms with Crippen LogP contribution < -0.4 is 5.32 Å². The molecule has 0 saturated heterocycles. The van der Waals surface area contributed by atoms with E-state index in [9.17, 15) is 4.79 Å². The number of nitrogens with one attached hydrogen (secondary N) is 1. The van der Waals surface area contributed by atoms with Crippen LogP contribution in [0.1, 0.15) is 31.9 Å². The molecule has 0 bridgehead atoms. The lowest BCUT2D eigenvalue weighted by molar-refractivity contribution is 0.0946. The zero-order valence-corrected chi connectivity index (χ0v) is 14.1. The molecule has 5 heteroatoms. The molecule has 108 valence electrons. The van der Waals surface area contributed by atoms with Crippen LogP contribution in [0.2, 0.25) is 10.0 Å². The first-order valence-corrected chi connectivity index (χ1v) is 8.23. The van der Waals surface area contributed by atoms with Crippen molar-refractivity contribution in [2.45, 2.75) is 11.2 Å². The Hall–Kier alpha value is -1.03. The Morgan fingerprint density at radius 3 is 2.76 bits per heavy atom. The average Bonchev–Trinajstić information content (AvgIpc) is 2.49. The van der Waals surface area contributed by atoms with E-state index < -0.39 is 0 Å². The molecular formula is C16H12BrCl2NO. The molecule has 2 aromatic rings. The highest BCUT2D eigenvalue weighted by molar-refractivity contribution is 9.09. The lowest BCUT2D eigenvalue weighted by atomic mass is 9.95. The first-order valence-electron chi connectivity index (χ1n) is 6.56. The van der Waals surface area contributed by atoms with E-state index in [0.717, 1.165) is 28.7 Å². The van der Waals surface area contributed by atoms with Crippen LogP contribution >= 0.6 is 39.1 Å². The second kappa shape index (κ2) is 5.99. The van der Waals surface area contributed by atoms with E-state index in [0.29, 0.717) is 16.6 Å². The van der Waals surface area contributed by atoms with E-state index in [1.54, 1.807) is 12.1 Å². The van der Waals surface area contributed by atoms with Crippen molar-refractivity contribution in [3.8, 4) is 0 Å². The van der Waals surface area contributed by atoms with Crippen LogP contribution in [0.25, 0.3) is 0 Å². The molecule has 1 aliphatic rings. The lowest BCUT2D eigenvalue weighted by Crippen LogP contribution is -2.31. The second-order valence-corrected chi connectivity index (χ2v) is 6.71. The monoisotopic (exact) mass is 383 g/mol. The number of carbonyl (C=O) groups excluding carboxylic acids is 1. The van der Waals surface area contributed by atoms with Crippen molar-refractivity contribution in [3.05, 3.63) is 68.7 Å². The molecule has 0 aliphatic carbocycles. The molecule has 1 N–H and O–H groups in total. The summed E-state index contributed by atoms with van der Waals surface area (Å²) in [6.45, 7) is 0.697. The van der Waals surface area contributed by atoms with Crippen LogP contribution in [0.15, 0.2) is 36.4 Å². The van der Waals surface area contributed by atoms with E-state index in [2.05, 4.69) is 21.2 Å². The summed E-state index contributed by atoms with van der Waals surface area (Å²) >= 11 is 15.9. The molecule has 1 aliphatic heterocycles. The molecule has 1 amide bonds. The SMILES string of the molecule is O=C1NCCc2ccc(C(Br)c3cc(Cl)ccc3Cl)cc21. The average molecular weight is 385 g/mol. The Balaban J connectivity index is 2.02. The van der Waals surface area contributed by atoms with Crippen molar-refractivity contribution < 1.29 is 4.79 Å². The summed E-state index contributed by atoms with van der Waals surface area (Å²) in [6, 6.07) is 11.3. The van der Waals surface area contributed by atoms with Gasteiger partial charge in [0.05, 0.1) is 4.83 Å². The van der Waals surface area contributed by atoms with Gasteiger partial charge in [0, 0.05) is 22.2 Å². The zero-order chi connectivity index (χ0) is 15.0. The van der Waals surface area contributed by atoms with E-state index in [4.69, 9.17) is 23.2 Å². The smallest absolute Gasteiger partial charge is 0.251 e. The zero-order valence-electron chi connectivity index (χ0n) is 11.0. The van der Waals surface area contributed by atoms with Gasteiger partial charge < -0.3 is 5.32 Å². The maximum absolute atomic E-state index is 11.9. The van der Waals surface area contributed by atoms with Crippen molar-refractivity contribution in [3.63, 3.8) is 0 Å². The van der Waals surface area contributed by atoms with Gasteiger partial charge in [-0.05, 0) is 47.4 Å². The molecule has 0 spiro atoms. The maximum atomic E-state index is 11.9. The number of hydrogen-bond acceptors (Lipinski definition) is 1. The van der Waals surface area contributed by atoms with Gasteiger partial charge in [-0.3, -0.25) is 4.79 Å². The fraction of sp³-hybridized carbons (Fsp3) is 0.188. The summed E-state index contributed by atoms with van der Waals surface area (Å²) in [6.07, 6.45) is 0.867. The fourth-order valence-corrected chi connectivity index (χ4v) is 3.68. The fourth-order valence-electron chi connectivity index (χ4n) is 2.48. The molecule has 1 atom stereocenters. The molecule has 0 radical (unpaired) electrons. The molecule has 0 aromatic heterocycles. The summed E-state index contributed by atoms with van der Waals surface area (Å²) in [5.41, 5.74) is 3.69. The van der Waals surface area contributed by atoms with E-state index in [-0.39, 0.29) is 10.7 Å². The Morgan fingerprint density at radius 2 is 1.95 bits per heavy atom. The van der Waals surface area contributed by atoms with Gasteiger partial charge in [-0.25, -0.2) is 0 Å². The molecule has 1 heterocycles. The highest BCUT2D eigenvalue weighted by atomic mass is 79.9. The van der Waals surface area contributed by atoms with Crippen LogP contribution in [0.5, 0.6) is 0 Å². The van der Waals surface area contributed by atoms with Crippen LogP contribution in [-0.2, 0) is 6.42 Å². The highest BCUT2D eigenvalue weighted by Gasteiger charge is 2.20. The Kier molecular flexibility index (Phi) is 4.25. The van der Waals surface area contributed by atoms with Gasteiger partial charge in [-0.2, -0.15) is 0 Å². The van der Waals surface area contributed by atoms with Gasteiger partial charge in [0.1, 0.15) is 0 Å². The molecular weight excluding hydrogens is 373 g/mol. The molecule has 1 unspecified atom stereocenters. The summed E-state index contributed by atoms with van der Waals surface area (Å²) < 4.78 is 0.